The van der Waals surface area contributed by atoms with E-state index in [4.69, 9.17) is 16.3 Å². The van der Waals surface area contributed by atoms with Gasteiger partial charge in [-0.05, 0) is 32.0 Å². The number of imide groups is 1. The van der Waals surface area contributed by atoms with E-state index in [9.17, 15) is 19.5 Å². The van der Waals surface area contributed by atoms with Crippen molar-refractivity contribution in [1.29, 1.82) is 0 Å². The molecule has 0 saturated carbocycles. The molecule has 0 unspecified atom stereocenters. The highest BCUT2D eigenvalue weighted by Gasteiger charge is 2.70. The van der Waals surface area contributed by atoms with E-state index >= 15 is 0 Å². The minimum atomic E-state index is -1.22. The van der Waals surface area contributed by atoms with Crippen molar-refractivity contribution in [2.75, 3.05) is 4.90 Å². The number of rotatable bonds is 2. The first-order chi connectivity index (χ1) is 11.2. The molecule has 0 radical (unpaired) electrons. The average Bonchev–Trinajstić information content (AvgIpc) is 3.04. The summed E-state index contributed by atoms with van der Waals surface area (Å²) < 4.78 is 5.93. The smallest absolute Gasteiger partial charge is 0.337 e. The van der Waals surface area contributed by atoms with Gasteiger partial charge in [-0.15, -0.1) is 0 Å². The van der Waals surface area contributed by atoms with Crippen LogP contribution in [0.5, 0.6) is 0 Å². The van der Waals surface area contributed by atoms with E-state index < -0.39 is 29.0 Å². The van der Waals surface area contributed by atoms with Crippen LogP contribution in [0.4, 0.5) is 5.69 Å². The molecule has 6 nitrogen and oxygen atoms in total. The van der Waals surface area contributed by atoms with Gasteiger partial charge in [-0.3, -0.25) is 9.59 Å². The fraction of sp³-hybridized carbons (Fsp3) is 0.353. The van der Waals surface area contributed by atoms with Crippen molar-refractivity contribution in [3.63, 3.8) is 0 Å². The van der Waals surface area contributed by atoms with E-state index in [-0.39, 0.29) is 28.1 Å². The topological polar surface area (TPSA) is 83.9 Å². The Labute approximate surface area is 142 Å². The Bertz CT molecular complexity index is 813. The summed E-state index contributed by atoms with van der Waals surface area (Å²) in [6.07, 6.45) is 3.65. The van der Waals surface area contributed by atoms with Crippen LogP contribution >= 0.6 is 11.6 Å². The molecule has 2 fully saturated rings. The van der Waals surface area contributed by atoms with Crippen molar-refractivity contribution in [3.8, 4) is 0 Å². The molecule has 2 saturated heterocycles. The van der Waals surface area contributed by atoms with Crippen LogP contribution in [-0.4, -0.2) is 34.1 Å². The van der Waals surface area contributed by atoms with Gasteiger partial charge in [0.1, 0.15) is 0 Å². The zero-order chi connectivity index (χ0) is 17.4. The number of hydrogen-bond donors (Lipinski definition) is 1. The fourth-order valence-electron chi connectivity index (χ4n) is 4.10. The summed E-state index contributed by atoms with van der Waals surface area (Å²) in [4.78, 5) is 38.1. The van der Waals surface area contributed by atoms with Gasteiger partial charge in [-0.25, -0.2) is 9.69 Å². The summed E-state index contributed by atoms with van der Waals surface area (Å²) in [5.74, 6) is -3.18. The Morgan fingerprint density at radius 1 is 1.17 bits per heavy atom. The third-order valence-electron chi connectivity index (χ3n) is 5.16. The summed E-state index contributed by atoms with van der Waals surface area (Å²) in [5, 5.41) is 9.25. The molecule has 3 heterocycles. The molecule has 124 valence electrons. The maximum absolute atomic E-state index is 12.9. The number of fused-ring (bicyclic) bond motifs is 5. The molecule has 2 bridgehead atoms. The molecule has 1 aromatic carbocycles. The second-order valence-electron chi connectivity index (χ2n) is 6.74. The number of carbonyl (C=O) groups excluding carboxylic acids is 2. The molecule has 4 rings (SSSR count). The molecule has 3 aliphatic heterocycles. The summed E-state index contributed by atoms with van der Waals surface area (Å²) in [6.45, 7) is 3.58. The van der Waals surface area contributed by atoms with Gasteiger partial charge in [0, 0.05) is 0 Å². The van der Waals surface area contributed by atoms with Crippen LogP contribution in [0, 0.1) is 11.8 Å². The monoisotopic (exact) mass is 347 g/mol. The summed E-state index contributed by atoms with van der Waals surface area (Å²) in [7, 11) is 0. The fourth-order valence-corrected chi connectivity index (χ4v) is 4.30. The minimum absolute atomic E-state index is 0.0505. The summed E-state index contributed by atoms with van der Waals surface area (Å²) in [5.41, 5.74) is -1.57. The highest BCUT2D eigenvalue weighted by molar-refractivity contribution is 6.34. The molecule has 2 amide bonds. The van der Waals surface area contributed by atoms with Crippen molar-refractivity contribution >= 4 is 35.1 Å². The van der Waals surface area contributed by atoms with Gasteiger partial charge in [0.25, 0.3) is 0 Å². The minimum Gasteiger partial charge on any atom is -0.478 e. The van der Waals surface area contributed by atoms with Crippen LogP contribution in [0.1, 0.15) is 24.2 Å². The van der Waals surface area contributed by atoms with E-state index in [1.807, 2.05) is 12.2 Å². The summed E-state index contributed by atoms with van der Waals surface area (Å²) >= 11 is 5.87. The SMILES string of the molecule is C[C@]12C=C[C@](C)(O1)[C@@H]1C(=O)N(c3ccc(Cl)c(C(=O)O)c3)C(=O)[C@H]12. The van der Waals surface area contributed by atoms with Crippen molar-refractivity contribution in [1.82, 2.24) is 0 Å². The number of ether oxygens (including phenoxy) is 1. The van der Waals surface area contributed by atoms with Crippen molar-refractivity contribution in [2.24, 2.45) is 11.8 Å². The Hall–Kier alpha value is -2.18. The lowest BCUT2D eigenvalue weighted by Gasteiger charge is -2.25. The molecular formula is C17H14ClNO5. The number of carboxylic acids is 1. The highest BCUT2D eigenvalue weighted by Crippen LogP contribution is 2.57. The van der Waals surface area contributed by atoms with E-state index in [1.54, 1.807) is 13.8 Å². The zero-order valence-corrected chi connectivity index (χ0v) is 13.7. The highest BCUT2D eigenvalue weighted by atomic mass is 35.5. The van der Waals surface area contributed by atoms with Crippen LogP contribution < -0.4 is 4.90 Å². The van der Waals surface area contributed by atoms with Crippen LogP contribution in [0.15, 0.2) is 30.4 Å². The molecule has 0 spiro atoms. The Morgan fingerprint density at radius 3 is 2.21 bits per heavy atom. The number of carbonyl (C=O) groups is 3. The first kappa shape index (κ1) is 15.4. The van der Waals surface area contributed by atoms with Gasteiger partial charge >= 0.3 is 5.97 Å². The molecule has 0 aromatic heterocycles. The van der Waals surface area contributed by atoms with Crippen molar-refractivity contribution in [3.05, 3.63) is 40.9 Å². The third kappa shape index (κ3) is 1.72. The Kier molecular flexibility index (Phi) is 2.85. The average molecular weight is 348 g/mol. The second kappa shape index (κ2) is 4.46. The largest absolute Gasteiger partial charge is 0.478 e. The lowest BCUT2D eigenvalue weighted by atomic mass is 9.73. The van der Waals surface area contributed by atoms with Crippen molar-refractivity contribution in [2.45, 2.75) is 25.0 Å². The number of benzene rings is 1. The Balaban J connectivity index is 1.80. The van der Waals surface area contributed by atoms with Crippen LogP contribution in [0.25, 0.3) is 0 Å². The molecule has 7 heteroatoms. The van der Waals surface area contributed by atoms with E-state index in [2.05, 4.69) is 0 Å². The predicted molar refractivity (Wildman–Crippen MR) is 84.9 cm³/mol. The van der Waals surface area contributed by atoms with Crippen LogP contribution in [-0.2, 0) is 14.3 Å². The number of carboxylic acid groups (broad SMARTS) is 1. The number of nitrogens with zero attached hydrogens (tertiary/aromatic N) is 1. The molecule has 4 atom stereocenters. The van der Waals surface area contributed by atoms with E-state index in [1.165, 1.54) is 18.2 Å². The lowest BCUT2D eigenvalue weighted by molar-refractivity contribution is -0.128. The van der Waals surface area contributed by atoms with E-state index in [0.717, 1.165) is 4.90 Å². The quantitative estimate of drug-likeness (QED) is 0.655. The van der Waals surface area contributed by atoms with Gasteiger partial charge in [-0.2, -0.15) is 0 Å². The number of aromatic carboxylic acids is 1. The van der Waals surface area contributed by atoms with Crippen LogP contribution in [0.2, 0.25) is 5.02 Å². The number of hydrogen-bond acceptors (Lipinski definition) is 4. The molecule has 1 N–H and O–H groups in total. The molecule has 3 aliphatic rings. The van der Waals surface area contributed by atoms with E-state index in [0.29, 0.717) is 0 Å². The van der Waals surface area contributed by atoms with Crippen LogP contribution in [0.3, 0.4) is 0 Å². The number of halogens is 1. The lowest BCUT2D eigenvalue weighted by Crippen LogP contribution is -2.39. The maximum atomic E-state index is 12.9. The van der Waals surface area contributed by atoms with Crippen molar-refractivity contribution < 1.29 is 24.2 Å². The van der Waals surface area contributed by atoms with Gasteiger partial charge in [0.2, 0.25) is 11.8 Å². The Morgan fingerprint density at radius 2 is 1.71 bits per heavy atom. The summed E-state index contributed by atoms with van der Waals surface area (Å²) in [6, 6.07) is 4.11. The van der Waals surface area contributed by atoms with Gasteiger partial charge < -0.3 is 9.84 Å². The first-order valence-electron chi connectivity index (χ1n) is 7.49. The third-order valence-corrected chi connectivity index (χ3v) is 5.49. The number of amides is 2. The standard InChI is InChI=1S/C17H14ClNO5/c1-16-5-6-17(2,24-16)12-11(16)13(20)19(14(12)21)8-3-4-10(18)9(7-8)15(22)23/h3-7,11-12H,1-2H3,(H,22,23)/t11-,12-,16-,17+/m0/s1. The zero-order valence-electron chi connectivity index (χ0n) is 12.9. The van der Waals surface area contributed by atoms with Gasteiger partial charge in [-0.1, -0.05) is 23.8 Å². The maximum Gasteiger partial charge on any atom is 0.337 e. The molecular weight excluding hydrogens is 334 g/mol. The van der Waals surface area contributed by atoms with Gasteiger partial charge in [0.15, 0.2) is 0 Å². The molecule has 1 aromatic rings. The predicted octanol–water partition coefficient (Wildman–Crippen LogP) is 2.26. The second-order valence-corrected chi connectivity index (χ2v) is 7.15. The number of anilines is 1. The van der Waals surface area contributed by atoms with Gasteiger partial charge in [0.05, 0.1) is 39.3 Å². The normalized spacial score (nSPS) is 36.5. The molecule has 24 heavy (non-hydrogen) atoms. The first-order valence-corrected chi connectivity index (χ1v) is 7.87. The molecule has 0 aliphatic carbocycles.